The Balaban J connectivity index is 2.25. The van der Waals surface area contributed by atoms with E-state index in [0.717, 1.165) is 18.4 Å². The summed E-state index contributed by atoms with van der Waals surface area (Å²) in [5, 5.41) is 9.69. The van der Waals surface area contributed by atoms with Crippen LogP contribution in [0.15, 0.2) is 23.1 Å². The maximum absolute atomic E-state index is 12.5. The molecule has 0 aliphatic heterocycles. The minimum atomic E-state index is -3.68. The Bertz CT molecular complexity index is 605. The van der Waals surface area contributed by atoms with Crippen molar-refractivity contribution in [2.45, 2.75) is 50.0 Å². The average molecular weight is 312 g/mol. The number of aryl methyl sites for hydroxylation is 1. The zero-order valence-electron chi connectivity index (χ0n) is 12.6. The number of hydrogen-bond acceptors (Lipinski definition) is 4. The maximum atomic E-state index is 12.5. The molecule has 1 aliphatic rings. The topological polar surface area (TPSA) is 92.4 Å². The number of sulfonamides is 1. The van der Waals surface area contributed by atoms with Crippen LogP contribution < -0.4 is 10.5 Å². The molecule has 21 heavy (non-hydrogen) atoms. The van der Waals surface area contributed by atoms with Gasteiger partial charge >= 0.3 is 0 Å². The number of nitrogen functional groups attached to an aromatic ring is 1. The van der Waals surface area contributed by atoms with Gasteiger partial charge in [0.1, 0.15) is 0 Å². The summed E-state index contributed by atoms with van der Waals surface area (Å²) in [7, 11) is -3.68. The van der Waals surface area contributed by atoms with Crippen molar-refractivity contribution in [3.05, 3.63) is 23.8 Å². The molecule has 0 radical (unpaired) electrons. The largest absolute Gasteiger partial charge is 0.398 e. The minimum absolute atomic E-state index is 0.150. The van der Waals surface area contributed by atoms with Gasteiger partial charge in [-0.1, -0.05) is 13.0 Å². The molecule has 1 saturated carbocycles. The first kappa shape index (κ1) is 16.3. The first-order chi connectivity index (χ1) is 9.78. The van der Waals surface area contributed by atoms with Crippen LogP contribution in [0, 0.1) is 12.8 Å². The lowest BCUT2D eigenvalue weighted by molar-refractivity contribution is 0.125. The second kappa shape index (κ2) is 5.94. The highest BCUT2D eigenvalue weighted by atomic mass is 32.2. The molecular weight excluding hydrogens is 288 g/mol. The Morgan fingerprint density at radius 2 is 2.00 bits per heavy atom. The maximum Gasteiger partial charge on any atom is 0.241 e. The van der Waals surface area contributed by atoms with Gasteiger partial charge in [-0.05, 0) is 56.2 Å². The number of nitrogens with one attached hydrogen (secondary N) is 1. The van der Waals surface area contributed by atoms with Gasteiger partial charge in [-0.15, -0.1) is 0 Å². The number of aliphatic hydroxyl groups is 1. The Labute approximate surface area is 126 Å². The molecule has 6 heteroatoms. The summed E-state index contributed by atoms with van der Waals surface area (Å²) in [6.45, 7) is 3.80. The van der Waals surface area contributed by atoms with Gasteiger partial charge in [-0.3, -0.25) is 0 Å². The number of nitrogens with two attached hydrogens (primary N) is 1. The van der Waals surface area contributed by atoms with Crippen LogP contribution in [0.5, 0.6) is 0 Å². The molecule has 1 fully saturated rings. The third kappa shape index (κ3) is 3.56. The van der Waals surface area contributed by atoms with E-state index in [4.69, 9.17) is 5.73 Å². The van der Waals surface area contributed by atoms with Crippen LogP contribution in [-0.4, -0.2) is 25.7 Å². The van der Waals surface area contributed by atoms with Crippen molar-refractivity contribution in [3.8, 4) is 0 Å². The van der Waals surface area contributed by atoms with Crippen molar-refractivity contribution >= 4 is 15.7 Å². The molecule has 0 aromatic heterocycles. The van der Waals surface area contributed by atoms with E-state index in [0.29, 0.717) is 24.4 Å². The van der Waals surface area contributed by atoms with Gasteiger partial charge in [0.05, 0.1) is 17.0 Å². The van der Waals surface area contributed by atoms with Crippen LogP contribution in [-0.2, 0) is 10.0 Å². The number of hydrogen-bond donors (Lipinski definition) is 3. The normalized spacial score (nSPS) is 26.7. The van der Waals surface area contributed by atoms with Crippen LogP contribution >= 0.6 is 0 Å². The SMILES string of the molecule is Cc1ccc(S(=O)(=O)NC2(CO)CCC(C)CC2)cc1N. The van der Waals surface area contributed by atoms with Crippen LogP contribution in [0.25, 0.3) is 0 Å². The highest BCUT2D eigenvalue weighted by Crippen LogP contribution is 2.33. The van der Waals surface area contributed by atoms with E-state index in [9.17, 15) is 13.5 Å². The number of anilines is 1. The molecule has 0 atom stereocenters. The lowest BCUT2D eigenvalue weighted by atomic mass is 9.78. The molecule has 0 unspecified atom stereocenters. The first-order valence-corrected chi connectivity index (χ1v) is 8.77. The molecule has 1 aliphatic carbocycles. The van der Waals surface area contributed by atoms with Crippen LogP contribution in [0.2, 0.25) is 0 Å². The quantitative estimate of drug-likeness (QED) is 0.739. The molecule has 2 rings (SSSR count). The van der Waals surface area contributed by atoms with E-state index in [1.165, 1.54) is 6.07 Å². The fourth-order valence-electron chi connectivity index (χ4n) is 2.74. The Morgan fingerprint density at radius 1 is 1.38 bits per heavy atom. The monoisotopic (exact) mass is 312 g/mol. The van der Waals surface area contributed by atoms with E-state index in [1.54, 1.807) is 12.1 Å². The Kier molecular flexibility index (Phi) is 4.60. The fourth-order valence-corrected chi connectivity index (χ4v) is 4.22. The van der Waals surface area contributed by atoms with Crippen molar-refractivity contribution in [2.75, 3.05) is 12.3 Å². The van der Waals surface area contributed by atoms with E-state index in [1.807, 2.05) is 6.92 Å². The van der Waals surface area contributed by atoms with Crippen molar-refractivity contribution < 1.29 is 13.5 Å². The molecule has 0 amide bonds. The molecule has 1 aromatic carbocycles. The summed E-state index contributed by atoms with van der Waals surface area (Å²) in [5.41, 5.74) is 6.34. The predicted molar refractivity (Wildman–Crippen MR) is 83.4 cm³/mol. The van der Waals surface area contributed by atoms with Crippen molar-refractivity contribution in [1.29, 1.82) is 0 Å². The molecule has 1 aromatic rings. The third-order valence-corrected chi connectivity index (χ3v) is 6.02. The van der Waals surface area contributed by atoms with Crippen LogP contribution in [0.3, 0.4) is 0 Å². The predicted octanol–water partition coefficient (Wildman–Crippen LogP) is 1.80. The lowest BCUT2D eigenvalue weighted by Gasteiger charge is -2.38. The average Bonchev–Trinajstić information content (AvgIpc) is 2.44. The summed E-state index contributed by atoms with van der Waals surface area (Å²) < 4.78 is 27.8. The molecule has 4 N–H and O–H groups in total. The summed E-state index contributed by atoms with van der Waals surface area (Å²) in [6, 6.07) is 4.71. The lowest BCUT2D eigenvalue weighted by Crippen LogP contribution is -2.53. The van der Waals surface area contributed by atoms with Gasteiger partial charge in [0, 0.05) is 5.69 Å². The van der Waals surface area contributed by atoms with Gasteiger partial charge in [-0.2, -0.15) is 0 Å². The van der Waals surface area contributed by atoms with Gasteiger partial charge in [0.15, 0.2) is 0 Å². The second-order valence-corrected chi connectivity index (χ2v) is 7.93. The highest BCUT2D eigenvalue weighted by Gasteiger charge is 2.37. The first-order valence-electron chi connectivity index (χ1n) is 7.29. The van der Waals surface area contributed by atoms with Crippen molar-refractivity contribution in [1.82, 2.24) is 4.72 Å². The van der Waals surface area contributed by atoms with Crippen molar-refractivity contribution in [2.24, 2.45) is 5.92 Å². The molecule has 0 saturated heterocycles. The Morgan fingerprint density at radius 3 is 2.52 bits per heavy atom. The van der Waals surface area contributed by atoms with Gasteiger partial charge < -0.3 is 10.8 Å². The molecule has 118 valence electrons. The van der Waals surface area contributed by atoms with Gasteiger partial charge in [0.25, 0.3) is 0 Å². The van der Waals surface area contributed by atoms with Crippen molar-refractivity contribution in [3.63, 3.8) is 0 Å². The van der Waals surface area contributed by atoms with E-state index >= 15 is 0 Å². The summed E-state index contributed by atoms with van der Waals surface area (Å²) >= 11 is 0. The molecule has 0 heterocycles. The Hall–Kier alpha value is -1.11. The minimum Gasteiger partial charge on any atom is -0.398 e. The van der Waals surface area contributed by atoms with Crippen LogP contribution in [0.4, 0.5) is 5.69 Å². The number of benzene rings is 1. The van der Waals surface area contributed by atoms with E-state index in [-0.39, 0.29) is 11.5 Å². The summed E-state index contributed by atoms with van der Waals surface area (Å²) in [6.07, 6.45) is 3.15. The van der Waals surface area contributed by atoms with Crippen LogP contribution in [0.1, 0.15) is 38.2 Å². The number of aliphatic hydroxyl groups excluding tert-OH is 1. The smallest absolute Gasteiger partial charge is 0.241 e. The summed E-state index contributed by atoms with van der Waals surface area (Å²) in [5.74, 6) is 0.573. The highest BCUT2D eigenvalue weighted by molar-refractivity contribution is 7.89. The zero-order chi connectivity index (χ0) is 15.7. The second-order valence-electron chi connectivity index (χ2n) is 6.24. The summed E-state index contributed by atoms with van der Waals surface area (Å²) in [4.78, 5) is 0.150. The van der Waals surface area contributed by atoms with Gasteiger partial charge in [-0.25, -0.2) is 13.1 Å². The zero-order valence-corrected chi connectivity index (χ0v) is 13.4. The molecular formula is C15H24N2O3S. The van der Waals surface area contributed by atoms with E-state index < -0.39 is 15.6 Å². The molecule has 0 bridgehead atoms. The fraction of sp³-hybridized carbons (Fsp3) is 0.600. The number of rotatable bonds is 4. The molecule has 0 spiro atoms. The third-order valence-electron chi connectivity index (χ3n) is 4.45. The standard InChI is InChI=1S/C15H24N2O3S/c1-11-5-7-15(10-18,8-6-11)17-21(19,20)13-4-3-12(2)14(16)9-13/h3-4,9,11,17-18H,5-8,10,16H2,1-2H3. The van der Waals surface area contributed by atoms with E-state index in [2.05, 4.69) is 11.6 Å². The molecule has 5 nitrogen and oxygen atoms in total. The van der Waals surface area contributed by atoms with Gasteiger partial charge in [0.2, 0.25) is 10.0 Å².